The molecule has 4 aromatic rings. The predicted octanol–water partition coefficient (Wildman–Crippen LogP) is 4.07. The third-order valence-corrected chi connectivity index (χ3v) is 12.2. The van der Waals surface area contributed by atoms with Crippen molar-refractivity contribution in [1.82, 2.24) is 35.1 Å². The Morgan fingerprint density at radius 2 is 1.73 bits per heavy atom. The molecule has 2 unspecified atom stereocenters. The minimum Gasteiger partial charge on any atom is -0.495 e. The van der Waals surface area contributed by atoms with E-state index in [1.54, 1.807) is 48.9 Å². The number of imidazole rings is 1. The summed E-state index contributed by atoms with van der Waals surface area (Å²) in [4.78, 5) is 80.6. The van der Waals surface area contributed by atoms with E-state index in [1.165, 1.54) is 12.0 Å². The van der Waals surface area contributed by atoms with Crippen LogP contribution in [0, 0.1) is 11.3 Å². The van der Waals surface area contributed by atoms with Gasteiger partial charge in [0.2, 0.25) is 23.7 Å². The first kappa shape index (κ1) is 45.6. The van der Waals surface area contributed by atoms with Gasteiger partial charge in [0, 0.05) is 47.9 Å². The second-order valence-electron chi connectivity index (χ2n) is 16.3. The predicted molar refractivity (Wildman–Crippen MR) is 238 cm³/mol. The number of aromatic nitrogens is 4. The standard InChI is InChI=1S/C46H53N11O9/c1-3-35-41-34(24-47)50-27-56(41)37-25-49-46(54-42(37)57(35)29-7-4-5-8-29)52-33-12-11-28(23-38(33)63-2)43(60)48-16-18-65-20-22-66-21-19-64-17-15-40(59)51-32-10-6-9-30-31(32)26-55(45(30)62)36-13-14-39(58)53-44(36)61/h6,9-12,23,25,27,29,35-36H,3-5,7-8,13-22,26H2,1-2H3,(H,48,60)(H,51,59)(H,49,52,54)(H,53,58,61). The van der Waals surface area contributed by atoms with Gasteiger partial charge < -0.3 is 44.7 Å². The molecule has 0 bridgehead atoms. The van der Waals surface area contributed by atoms with Crippen LogP contribution in [0.15, 0.2) is 48.9 Å². The van der Waals surface area contributed by atoms with Gasteiger partial charge in [-0.3, -0.25) is 33.9 Å². The number of rotatable bonds is 20. The molecule has 1 aliphatic carbocycles. The van der Waals surface area contributed by atoms with Crippen LogP contribution in [0.4, 0.5) is 23.1 Å². The molecule has 1 saturated carbocycles. The Morgan fingerprint density at radius 1 is 0.955 bits per heavy atom. The van der Waals surface area contributed by atoms with Crippen LogP contribution in [0.2, 0.25) is 0 Å². The maximum absolute atomic E-state index is 13.1. The summed E-state index contributed by atoms with van der Waals surface area (Å²) < 4.78 is 24.3. The van der Waals surface area contributed by atoms with Crippen molar-refractivity contribution in [3.8, 4) is 17.5 Å². The monoisotopic (exact) mass is 903 g/mol. The molecule has 5 heterocycles. The lowest BCUT2D eigenvalue weighted by molar-refractivity contribution is -0.137. The molecule has 0 radical (unpaired) electrons. The zero-order chi connectivity index (χ0) is 46.2. The van der Waals surface area contributed by atoms with Crippen LogP contribution in [0.25, 0.3) is 5.69 Å². The van der Waals surface area contributed by atoms with Crippen LogP contribution in [0.1, 0.15) is 102 Å². The largest absolute Gasteiger partial charge is 0.495 e. The summed E-state index contributed by atoms with van der Waals surface area (Å²) >= 11 is 0. The van der Waals surface area contributed by atoms with Gasteiger partial charge in [-0.2, -0.15) is 10.2 Å². The fourth-order valence-corrected chi connectivity index (χ4v) is 9.04. The van der Waals surface area contributed by atoms with E-state index in [0.717, 1.165) is 49.3 Å². The number of carbonyl (C=O) groups is 5. The fraction of sp³-hybridized carbons (Fsp3) is 0.457. The normalized spacial score (nSPS) is 17.7. The quantitative estimate of drug-likeness (QED) is 0.0722. The zero-order valence-corrected chi connectivity index (χ0v) is 37.0. The molecule has 4 N–H and O–H groups in total. The molecule has 5 amide bonds. The number of nitrogens with one attached hydrogen (secondary N) is 4. The van der Waals surface area contributed by atoms with Gasteiger partial charge in [0.25, 0.3) is 11.8 Å². The summed E-state index contributed by atoms with van der Waals surface area (Å²) in [6.45, 7) is 4.18. The maximum Gasteiger partial charge on any atom is 0.255 e. The molecule has 20 nitrogen and oxygen atoms in total. The van der Waals surface area contributed by atoms with E-state index in [0.29, 0.717) is 65.3 Å². The van der Waals surface area contributed by atoms with Gasteiger partial charge in [-0.15, -0.1) is 0 Å². The molecular weight excluding hydrogens is 851 g/mol. The topological polar surface area (TPSA) is 244 Å². The van der Waals surface area contributed by atoms with Crippen molar-refractivity contribution < 1.29 is 42.9 Å². The first-order valence-electron chi connectivity index (χ1n) is 22.3. The number of imide groups is 1. The Bertz CT molecular complexity index is 2520. The Hall–Kier alpha value is -6.95. The molecule has 20 heteroatoms. The number of benzene rings is 2. The molecular formula is C46H53N11O9. The maximum atomic E-state index is 13.1. The summed E-state index contributed by atoms with van der Waals surface area (Å²) in [7, 11) is 1.53. The highest BCUT2D eigenvalue weighted by atomic mass is 16.5. The van der Waals surface area contributed by atoms with Crippen LogP contribution in [0.3, 0.4) is 0 Å². The van der Waals surface area contributed by atoms with Crippen LogP contribution in [-0.2, 0) is 35.1 Å². The first-order valence-corrected chi connectivity index (χ1v) is 22.3. The van der Waals surface area contributed by atoms with Crippen LogP contribution in [0.5, 0.6) is 5.75 Å². The molecule has 66 heavy (non-hydrogen) atoms. The van der Waals surface area contributed by atoms with Crippen LogP contribution < -0.4 is 30.9 Å². The summed E-state index contributed by atoms with van der Waals surface area (Å²) in [6, 6.07) is 11.9. The molecule has 8 rings (SSSR count). The summed E-state index contributed by atoms with van der Waals surface area (Å²) in [5.74, 6) is -0.141. The highest BCUT2D eigenvalue weighted by molar-refractivity contribution is 6.07. The van der Waals surface area contributed by atoms with Gasteiger partial charge in [0.05, 0.1) is 76.8 Å². The lowest BCUT2D eigenvalue weighted by Gasteiger charge is -2.41. The molecule has 2 atom stereocenters. The first-order chi connectivity index (χ1) is 32.2. The second kappa shape index (κ2) is 20.9. The number of piperidine rings is 1. The van der Waals surface area contributed by atoms with E-state index in [-0.39, 0.29) is 87.9 Å². The van der Waals surface area contributed by atoms with Crippen molar-refractivity contribution >= 4 is 52.7 Å². The molecule has 4 aliphatic rings. The highest BCUT2D eigenvalue weighted by Gasteiger charge is 2.41. The summed E-state index contributed by atoms with van der Waals surface area (Å²) in [5.41, 5.74) is 4.60. The van der Waals surface area contributed by atoms with Gasteiger partial charge >= 0.3 is 0 Å². The average Bonchev–Trinajstić information content (AvgIpc) is 4.09. The number of nitriles is 1. The number of hydrogen-bond donors (Lipinski definition) is 4. The van der Waals surface area contributed by atoms with Crippen molar-refractivity contribution in [2.45, 2.75) is 83.0 Å². The van der Waals surface area contributed by atoms with Gasteiger partial charge in [-0.1, -0.05) is 25.8 Å². The molecule has 346 valence electrons. The van der Waals surface area contributed by atoms with Gasteiger partial charge in [-0.05, 0) is 56.0 Å². The van der Waals surface area contributed by atoms with Crippen molar-refractivity contribution in [1.29, 1.82) is 5.26 Å². The average molecular weight is 904 g/mol. The van der Waals surface area contributed by atoms with E-state index < -0.39 is 11.9 Å². The Balaban J connectivity index is 0.721. The van der Waals surface area contributed by atoms with Crippen LogP contribution in [-0.4, -0.2) is 119 Å². The summed E-state index contributed by atoms with van der Waals surface area (Å²) in [6.07, 6.45) is 9.09. The lowest BCUT2D eigenvalue weighted by Crippen LogP contribution is -2.52. The third-order valence-electron chi connectivity index (χ3n) is 12.2. The molecule has 2 aromatic heterocycles. The molecule has 0 spiro atoms. The minimum atomic E-state index is -0.740. The van der Waals surface area contributed by atoms with E-state index in [2.05, 4.69) is 49.1 Å². The lowest BCUT2D eigenvalue weighted by atomic mass is 10.0. The number of hydrogen-bond acceptors (Lipinski definition) is 15. The number of anilines is 4. The number of ether oxygens (including phenoxy) is 4. The smallest absolute Gasteiger partial charge is 0.255 e. The number of fused-ring (bicyclic) bond motifs is 4. The number of amides is 5. The van der Waals surface area contributed by atoms with Gasteiger partial charge in [0.15, 0.2) is 11.5 Å². The van der Waals surface area contributed by atoms with Crippen molar-refractivity contribution in [3.05, 3.63) is 77.0 Å². The van der Waals surface area contributed by atoms with Gasteiger partial charge in [-0.25, -0.2) is 9.97 Å². The highest BCUT2D eigenvalue weighted by Crippen LogP contribution is 2.45. The number of nitrogens with zero attached hydrogens (tertiary/aromatic N) is 7. The van der Waals surface area contributed by atoms with E-state index in [1.807, 2.05) is 4.57 Å². The Morgan fingerprint density at radius 3 is 2.47 bits per heavy atom. The SMILES string of the molecule is CCC1c2c(C#N)ncn2-c2cnc(Nc3ccc(C(=O)NCCOCCOCCOCCC(=O)Nc4cccc5c4CN(C4CCC(=O)NC4=O)C5=O)cc3OC)nc2N1C1CCCC1. The Kier molecular flexibility index (Phi) is 14.5. The van der Waals surface area contributed by atoms with Crippen molar-refractivity contribution in [2.75, 3.05) is 68.8 Å². The van der Waals surface area contributed by atoms with E-state index in [4.69, 9.17) is 23.9 Å². The summed E-state index contributed by atoms with van der Waals surface area (Å²) in [5, 5.41) is 21.1. The Labute approximate surface area is 381 Å². The molecule has 2 aromatic carbocycles. The van der Waals surface area contributed by atoms with Crippen LogP contribution >= 0.6 is 0 Å². The van der Waals surface area contributed by atoms with Crippen molar-refractivity contribution in [3.63, 3.8) is 0 Å². The second-order valence-corrected chi connectivity index (χ2v) is 16.3. The molecule has 1 saturated heterocycles. The van der Waals surface area contributed by atoms with Crippen molar-refractivity contribution in [2.24, 2.45) is 0 Å². The van der Waals surface area contributed by atoms with E-state index >= 15 is 0 Å². The third kappa shape index (κ3) is 9.83. The molecule has 2 fully saturated rings. The number of methoxy groups -OCH3 is 1. The molecule has 3 aliphatic heterocycles. The van der Waals surface area contributed by atoms with Gasteiger partial charge in [0.1, 0.15) is 29.9 Å². The zero-order valence-electron chi connectivity index (χ0n) is 37.0. The fourth-order valence-electron chi connectivity index (χ4n) is 9.04. The minimum absolute atomic E-state index is 0.0512. The number of carbonyl (C=O) groups excluding carboxylic acids is 5. The van der Waals surface area contributed by atoms with E-state index in [9.17, 15) is 29.2 Å².